The molecule has 0 amide bonds. The number of aromatic amines is 1. The highest BCUT2D eigenvalue weighted by Gasteiger charge is 2.08. The second-order valence-electron chi connectivity index (χ2n) is 3.74. The van der Waals surface area contributed by atoms with Crippen LogP contribution < -0.4 is 5.56 Å². The molecule has 2 aromatic heterocycles. The SMILES string of the molecule is CCn1c(CSc2nc(C)cc(=O)[nH]2)cnc1Cl. The average Bonchev–Trinajstić information content (AvgIpc) is 2.66. The van der Waals surface area contributed by atoms with Gasteiger partial charge in [0.25, 0.3) is 5.56 Å². The van der Waals surface area contributed by atoms with Gasteiger partial charge in [-0.05, 0) is 25.4 Å². The quantitative estimate of drug-likeness (QED) is 0.691. The third kappa shape index (κ3) is 2.94. The van der Waals surface area contributed by atoms with E-state index < -0.39 is 0 Å². The minimum absolute atomic E-state index is 0.132. The van der Waals surface area contributed by atoms with Crippen molar-refractivity contribution in [3.63, 3.8) is 0 Å². The zero-order chi connectivity index (χ0) is 13.1. The Labute approximate surface area is 114 Å². The number of H-pyrrole nitrogens is 1. The van der Waals surface area contributed by atoms with E-state index in [1.54, 1.807) is 13.1 Å². The van der Waals surface area contributed by atoms with E-state index in [4.69, 9.17) is 11.6 Å². The lowest BCUT2D eigenvalue weighted by molar-refractivity contribution is 0.734. The smallest absolute Gasteiger partial charge is 0.251 e. The molecule has 2 aromatic rings. The minimum atomic E-state index is -0.132. The fraction of sp³-hybridized carbons (Fsp3) is 0.364. The van der Waals surface area contributed by atoms with E-state index in [9.17, 15) is 4.79 Å². The van der Waals surface area contributed by atoms with E-state index in [1.807, 2.05) is 11.5 Å². The number of nitrogens with zero attached hydrogens (tertiary/aromatic N) is 3. The molecule has 0 fully saturated rings. The molecule has 0 spiro atoms. The zero-order valence-corrected chi connectivity index (χ0v) is 11.7. The van der Waals surface area contributed by atoms with Crippen LogP contribution in [0.1, 0.15) is 18.3 Å². The maximum Gasteiger partial charge on any atom is 0.251 e. The van der Waals surface area contributed by atoms with Gasteiger partial charge in [-0.25, -0.2) is 9.97 Å². The van der Waals surface area contributed by atoms with Crippen LogP contribution in [0.4, 0.5) is 0 Å². The molecule has 0 aliphatic rings. The molecular weight excluding hydrogens is 272 g/mol. The summed E-state index contributed by atoms with van der Waals surface area (Å²) < 4.78 is 1.92. The third-order valence-corrected chi connectivity index (χ3v) is 3.62. The Bertz CT molecular complexity index is 607. The zero-order valence-electron chi connectivity index (χ0n) is 10.1. The fourth-order valence-electron chi connectivity index (χ4n) is 1.60. The van der Waals surface area contributed by atoms with Crippen molar-refractivity contribution in [1.29, 1.82) is 0 Å². The molecule has 0 aliphatic heterocycles. The second kappa shape index (κ2) is 5.58. The summed E-state index contributed by atoms with van der Waals surface area (Å²) in [5.74, 6) is 0.667. The summed E-state index contributed by atoms with van der Waals surface area (Å²) >= 11 is 7.41. The summed E-state index contributed by atoms with van der Waals surface area (Å²) in [6.45, 7) is 4.58. The van der Waals surface area contributed by atoms with Crippen LogP contribution in [0.5, 0.6) is 0 Å². The largest absolute Gasteiger partial charge is 0.318 e. The monoisotopic (exact) mass is 284 g/mol. The molecular formula is C11H13ClN4OS. The molecule has 2 heterocycles. The van der Waals surface area contributed by atoms with E-state index in [1.165, 1.54) is 17.8 Å². The van der Waals surface area contributed by atoms with Gasteiger partial charge in [-0.1, -0.05) is 11.8 Å². The van der Waals surface area contributed by atoms with Gasteiger partial charge in [-0.2, -0.15) is 0 Å². The summed E-state index contributed by atoms with van der Waals surface area (Å²) in [4.78, 5) is 22.3. The molecule has 5 nitrogen and oxygen atoms in total. The highest BCUT2D eigenvalue weighted by atomic mass is 35.5. The predicted molar refractivity (Wildman–Crippen MR) is 72.1 cm³/mol. The standard InChI is InChI=1S/C11H13ClN4OS/c1-3-16-8(5-13-10(16)12)6-18-11-14-7(2)4-9(17)15-11/h4-5H,3,6H2,1-2H3,(H,14,15,17). The first kappa shape index (κ1) is 13.2. The number of nitrogens with one attached hydrogen (secondary N) is 1. The van der Waals surface area contributed by atoms with Crippen molar-refractivity contribution < 1.29 is 0 Å². The number of hydrogen-bond donors (Lipinski definition) is 1. The van der Waals surface area contributed by atoms with Gasteiger partial charge in [0.15, 0.2) is 5.16 Å². The topological polar surface area (TPSA) is 63.6 Å². The summed E-state index contributed by atoms with van der Waals surface area (Å²) in [5.41, 5.74) is 1.59. The van der Waals surface area contributed by atoms with Crippen molar-refractivity contribution in [2.24, 2.45) is 0 Å². The first-order chi connectivity index (χ1) is 8.60. The van der Waals surface area contributed by atoms with Crippen molar-refractivity contribution in [1.82, 2.24) is 19.5 Å². The molecule has 7 heteroatoms. The van der Waals surface area contributed by atoms with Crippen molar-refractivity contribution in [3.8, 4) is 0 Å². The van der Waals surface area contributed by atoms with E-state index in [0.29, 0.717) is 21.9 Å². The van der Waals surface area contributed by atoms with Crippen LogP contribution in [0.15, 0.2) is 22.2 Å². The third-order valence-electron chi connectivity index (χ3n) is 2.41. The number of thioether (sulfide) groups is 1. The van der Waals surface area contributed by atoms with Gasteiger partial charge >= 0.3 is 0 Å². The van der Waals surface area contributed by atoms with Crippen molar-refractivity contribution in [3.05, 3.63) is 39.3 Å². The van der Waals surface area contributed by atoms with Gasteiger partial charge in [0.1, 0.15) is 0 Å². The lowest BCUT2D eigenvalue weighted by atomic mass is 10.5. The predicted octanol–water partition coefficient (Wildman–Crippen LogP) is 2.24. The Kier molecular flexibility index (Phi) is 4.08. The molecule has 1 N–H and O–H groups in total. The van der Waals surface area contributed by atoms with Crippen LogP contribution in [0, 0.1) is 6.92 Å². The molecule has 2 rings (SSSR count). The van der Waals surface area contributed by atoms with E-state index in [0.717, 1.165) is 12.2 Å². The van der Waals surface area contributed by atoms with Crippen LogP contribution in [-0.4, -0.2) is 19.5 Å². The Hall–Kier alpha value is -1.27. The lowest BCUT2D eigenvalue weighted by Crippen LogP contribution is -2.08. The van der Waals surface area contributed by atoms with Gasteiger partial charge in [-0.15, -0.1) is 0 Å². The van der Waals surface area contributed by atoms with E-state index >= 15 is 0 Å². The van der Waals surface area contributed by atoms with Crippen LogP contribution >= 0.6 is 23.4 Å². The molecule has 0 saturated heterocycles. The van der Waals surface area contributed by atoms with Gasteiger partial charge in [0, 0.05) is 29.8 Å². The van der Waals surface area contributed by atoms with Gasteiger partial charge in [0.05, 0.1) is 6.20 Å². The minimum Gasteiger partial charge on any atom is -0.318 e. The van der Waals surface area contributed by atoms with Crippen molar-refractivity contribution in [2.45, 2.75) is 31.3 Å². The number of rotatable bonds is 4. The molecule has 0 bridgehead atoms. The summed E-state index contributed by atoms with van der Waals surface area (Å²) in [5, 5.41) is 1.10. The van der Waals surface area contributed by atoms with Crippen LogP contribution in [0.25, 0.3) is 0 Å². The molecule has 0 aromatic carbocycles. The fourth-order valence-corrected chi connectivity index (χ4v) is 2.77. The lowest BCUT2D eigenvalue weighted by Gasteiger charge is -2.05. The number of halogens is 1. The molecule has 0 unspecified atom stereocenters. The molecule has 0 saturated carbocycles. The second-order valence-corrected chi connectivity index (χ2v) is 5.05. The van der Waals surface area contributed by atoms with E-state index in [-0.39, 0.29) is 5.56 Å². The summed E-state index contributed by atoms with van der Waals surface area (Å²) in [7, 11) is 0. The Morgan fingerprint density at radius 2 is 2.33 bits per heavy atom. The first-order valence-electron chi connectivity index (χ1n) is 5.51. The maximum absolute atomic E-state index is 11.3. The highest BCUT2D eigenvalue weighted by Crippen LogP contribution is 2.20. The van der Waals surface area contributed by atoms with Gasteiger partial charge in [-0.3, -0.25) is 4.79 Å². The van der Waals surface area contributed by atoms with Gasteiger partial charge in [0.2, 0.25) is 5.28 Å². The number of hydrogen-bond acceptors (Lipinski definition) is 4. The van der Waals surface area contributed by atoms with Crippen LogP contribution in [0.2, 0.25) is 5.28 Å². The summed E-state index contributed by atoms with van der Waals surface area (Å²) in [6.07, 6.45) is 1.74. The van der Waals surface area contributed by atoms with Crippen molar-refractivity contribution >= 4 is 23.4 Å². The first-order valence-corrected chi connectivity index (χ1v) is 6.87. The molecule has 18 heavy (non-hydrogen) atoms. The summed E-state index contributed by atoms with van der Waals surface area (Å²) in [6, 6.07) is 1.47. The maximum atomic E-state index is 11.3. The Balaban J connectivity index is 2.13. The Morgan fingerprint density at radius 1 is 1.56 bits per heavy atom. The van der Waals surface area contributed by atoms with Gasteiger partial charge < -0.3 is 9.55 Å². The van der Waals surface area contributed by atoms with Crippen molar-refractivity contribution in [2.75, 3.05) is 0 Å². The van der Waals surface area contributed by atoms with Crippen LogP contribution in [-0.2, 0) is 12.3 Å². The average molecular weight is 285 g/mol. The Morgan fingerprint density at radius 3 is 3.00 bits per heavy atom. The number of imidazole rings is 1. The molecule has 96 valence electrons. The van der Waals surface area contributed by atoms with E-state index in [2.05, 4.69) is 15.0 Å². The number of aromatic nitrogens is 4. The number of aryl methyl sites for hydroxylation is 1. The molecule has 0 atom stereocenters. The normalized spacial score (nSPS) is 10.8. The van der Waals surface area contributed by atoms with Crippen LogP contribution in [0.3, 0.4) is 0 Å². The molecule has 0 aliphatic carbocycles. The highest BCUT2D eigenvalue weighted by molar-refractivity contribution is 7.98. The molecule has 0 radical (unpaired) electrons.